The van der Waals surface area contributed by atoms with E-state index < -0.39 is 0 Å². The Kier molecular flexibility index (Phi) is 7.01. The fourth-order valence-corrected chi connectivity index (χ4v) is 3.01. The molecule has 2 aromatic carbocycles. The zero-order valence-corrected chi connectivity index (χ0v) is 17.2. The van der Waals surface area contributed by atoms with Crippen LogP contribution in [-0.4, -0.2) is 34.6 Å². The lowest BCUT2D eigenvalue weighted by atomic mass is 10.1. The number of hydrogen-bond donors (Lipinski definition) is 2. The number of para-hydroxylation sites is 1. The molecule has 158 valence electrons. The van der Waals surface area contributed by atoms with Gasteiger partial charge in [0.1, 0.15) is 23.2 Å². The van der Waals surface area contributed by atoms with Gasteiger partial charge in [-0.1, -0.05) is 18.2 Å². The summed E-state index contributed by atoms with van der Waals surface area (Å²) in [6.45, 7) is 1.77. The minimum absolute atomic E-state index is 0.0285. The number of nitrogen functional groups attached to an aromatic ring is 1. The summed E-state index contributed by atoms with van der Waals surface area (Å²) in [6.07, 6.45) is 1.10. The molecule has 0 fully saturated rings. The summed E-state index contributed by atoms with van der Waals surface area (Å²) >= 11 is 0. The van der Waals surface area contributed by atoms with Gasteiger partial charge >= 0.3 is 0 Å². The van der Waals surface area contributed by atoms with Crippen LogP contribution >= 0.6 is 0 Å². The lowest BCUT2D eigenvalue weighted by Crippen LogP contribution is -2.30. The van der Waals surface area contributed by atoms with E-state index in [-0.39, 0.29) is 18.3 Å². The number of carbonyl (C=O) groups excluding carboxylic acids is 2. The molecule has 31 heavy (non-hydrogen) atoms. The van der Waals surface area contributed by atoms with Gasteiger partial charge in [0.2, 0.25) is 0 Å². The van der Waals surface area contributed by atoms with Crippen LogP contribution in [0.4, 0.5) is 5.82 Å². The lowest BCUT2D eigenvalue weighted by molar-refractivity contribution is -0.123. The number of ether oxygens (including phenoxy) is 1. The van der Waals surface area contributed by atoms with Crippen molar-refractivity contribution in [3.05, 3.63) is 71.4 Å². The Bertz CT molecular complexity index is 1100. The number of nitrogens with one attached hydrogen (secondary N) is 1. The van der Waals surface area contributed by atoms with Crippen LogP contribution in [0, 0.1) is 11.3 Å². The van der Waals surface area contributed by atoms with Crippen molar-refractivity contribution in [1.29, 1.82) is 5.26 Å². The highest BCUT2D eigenvalue weighted by molar-refractivity contribution is 5.94. The number of nitrogens with two attached hydrogens (primary N) is 1. The molecule has 3 rings (SSSR count). The molecular formula is C23H23N5O3. The van der Waals surface area contributed by atoms with Crippen molar-refractivity contribution >= 4 is 17.5 Å². The van der Waals surface area contributed by atoms with Crippen LogP contribution in [0.15, 0.2) is 54.6 Å². The first-order valence-electron chi connectivity index (χ1n) is 9.83. The fourth-order valence-electron chi connectivity index (χ4n) is 3.01. The van der Waals surface area contributed by atoms with Crippen LogP contribution < -0.4 is 15.8 Å². The molecule has 0 radical (unpaired) electrons. The van der Waals surface area contributed by atoms with E-state index in [0.29, 0.717) is 47.8 Å². The second-order valence-corrected chi connectivity index (χ2v) is 6.89. The molecule has 0 aliphatic rings. The Morgan fingerprint density at radius 3 is 2.52 bits per heavy atom. The molecule has 1 aromatic heterocycles. The molecule has 0 spiro atoms. The monoisotopic (exact) mass is 417 g/mol. The Hall–Kier alpha value is -4.12. The average Bonchev–Trinajstić information content (AvgIpc) is 3.11. The predicted molar refractivity (Wildman–Crippen MR) is 116 cm³/mol. The molecule has 0 atom stereocenters. The van der Waals surface area contributed by atoms with Crippen molar-refractivity contribution in [2.45, 2.75) is 19.8 Å². The molecule has 8 nitrogen and oxygen atoms in total. The van der Waals surface area contributed by atoms with Gasteiger partial charge in [-0.15, -0.1) is 0 Å². The number of nitrogens with zero attached hydrogens (tertiary/aromatic N) is 3. The zero-order valence-electron chi connectivity index (χ0n) is 17.2. The Labute approximate surface area is 180 Å². The van der Waals surface area contributed by atoms with Crippen LogP contribution in [0.1, 0.15) is 35.0 Å². The summed E-state index contributed by atoms with van der Waals surface area (Å²) in [5, 5.41) is 16.7. The van der Waals surface area contributed by atoms with E-state index >= 15 is 0 Å². The molecule has 0 bridgehead atoms. The van der Waals surface area contributed by atoms with E-state index in [0.717, 1.165) is 5.69 Å². The highest BCUT2D eigenvalue weighted by Crippen LogP contribution is 2.21. The van der Waals surface area contributed by atoms with Gasteiger partial charge in [0.15, 0.2) is 12.4 Å². The number of amides is 1. The van der Waals surface area contributed by atoms with Gasteiger partial charge < -0.3 is 15.8 Å². The minimum atomic E-state index is -0.259. The van der Waals surface area contributed by atoms with Crippen molar-refractivity contribution in [1.82, 2.24) is 15.1 Å². The Morgan fingerprint density at radius 1 is 1.16 bits per heavy atom. The maximum absolute atomic E-state index is 12.0. The first kappa shape index (κ1) is 21.6. The van der Waals surface area contributed by atoms with E-state index in [4.69, 9.17) is 10.5 Å². The molecule has 0 unspecified atom stereocenters. The van der Waals surface area contributed by atoms with E-state index in [9.17, 15) is 14.9 Å². The first-order chi connectivity index (χ1) is 15.0. The maximum Gasteiger partial charge on any atom is 0.257 e. The van der Waals surface area contributed by atoms with Gasteiger partial charge in [-0.3, -0.25) is 9.59 Å². The summed E-state index contributed by atoms with van der Waals surface area (Å²) in [4.78, 5) is 23.3. The number of aryl methyl sites for hydroxylation is 1. The lowest BCUT2D eigenvalue weighted by Gasteiger charge is -2.07. The molecule has 0 saturated heterocycles. The van der Waals surface area contributed by atoms with Crippen LogP contribution in [-0.2, 0) is 11.2 Å². The summed E-state index contributed by atoms with van der Waals surface area (Å²) in [5.74, 6) is 0.530. The molecule has 8 heteroatoms. The number of aromatic nitrogens is 2. The zero-order chi connectivity index (χ0) is 22.2. The van der Waals surface area contributed by atoms with Gasteiger partial charge in [0.05, 0.1) is 11.4 Å². The summed E-state index contributed by atoms with van der Waals surface area (Å²) in [6, 6.07) is 18.1. The number of hydrogen-bond acceptors (Lipinski definition) is 6. The summed E-state index contributed by atoms with van der Waals surface area (Å²) < 4.78 is 6.98. The number of rotatable bonds is 9. The molecule has 1 heterocycles. The van der Waals surface area contributed by atoms with Crippen molar-refractivity contribution in [2.75, 3.05) is 18.9 Å². The largest absolute Gasteiger partial charge is 0.484 e. The average molecular weight is 417 g/mol. The molecule has 3 N–H and O–H groups in total. The smallest absolute Gasteiger partial charge is 0.257 e. The van der Waals surface area contributed by atoms with Crippen molar-refractivity contribution in [2.24, 2.45) is 0 Å². The van der Waals surface area contributed by atoms with Crippen molar-refractivity contribution in [3.63, 3.8) is 0 Å². The van der Waals surface area contributed by atoms with Gasteiger partial charge in [0, 0.05) is 12.1 Å². The third-order valence-corrected chi connectivity index (χ3v) is 4.65. The second kappa shape index (κ2) is 10.1. The molecule has 0 saturated carbocycles. The normalized spacial score (nSPS) is 10.3. The number of ketones is 1. The first-order valence-corrected chi connectivity index (χ1v) is 9.83. The highest BCUT2D eigenvalue weighted by atomic mass is 16.5. The third kappa shape index (κ3) is 5.48. The van der Waals surface area contributed by atoms with Crippen LogP contribution in [0.5, 0.6) is 5.75 Å². The number of benzene rings is 2. The third-order valence-electron chi connectivity index (χ3n) is 4.65. The molecule has 0 aliphatic heterocycles. The molecule has 3 aromatic rings. The van der Waals surface area contributed by atoms with E-state index in [1.807, 2.05) is 30.3 Å². The van der Waals surface area contributed by atoms with E-state index in [1.54, 1.807) is 28.9 Å². The molecular weight excluding hydrogens is 394 g/mol. The van der Waals surface area contributed by atoms with Crippen LogP contribution in [0.2, 0.25) is 0 Å². The maximum atomic E-state index is 12.0. The van der Waals surface area contributed by atoms with Gasteiger partial charge in [-0.05, 0) is 56.2 Å². The highest BCUT2D eigenvalue weighted by Gasteiger charge is 2.16. The van der Waals surface area contributed by atoms with E-state index in [2.05, 4.69) is 16.5 Å². The topological polar surface area (TPSA) is 123 Å². The van der Waals surface area contributed by atoms with Crippen molar-refractivity contribution in [3.8, 4) is 17.5 Å². The summed E-state index contributed by atoms with van der Waals surface area (Å²) in [7, 11) is 0. The van der Waals surface area contributed by atoms with Gasteiger partial charge in [-0.2, -0.15) is 10.4 Å². The van der Waals surface area contributed by atoms with Crippen molar-refractivity contribution < 1.29 is 14.3 Å². The number of carbonyl (C=O) groups is 2. The van der Waals surface area contributed by atoms with E-state index in [1.165, 1.54) is 6.92 Å². The number of nitriles is 1. The van der Waals surface area contributed by atoms with Gasteiger partial charge in [-0.25, -0.2) is 4.68 Å². The molecule has 1 amide bonds. The van der Waals surface area contributed by atoms with Crippen LogP contribution in [0.3, 0.4) is 0 Å². The van der Waals surface area contributed by atoms with Gasteiger partial charge in [0.25, 0.3) is 5.91 Å². The fraction of sp³-hybridized carbons (Fsp3) is 0.217. The second-order valence-electron chi connectivity index (χ2n) is 6.89. The predicted octanol–water partition coefficient (Wildman–Crippen LogP) is 2.66. The standard InChI is InChI=1S/C23H23N5O3/c1-16(29)17-9-11-19(12-10-17)31-15-22(30)26-13-5-8-21-20(14-24)23(25)28(27-21)18-6-3-2-4-7-18/h2-4,6-7,9-12H,5,8,13,15,25H2,1H3,(H,26,30). The number of Topliss-reactive ketones (excluding diaryl/α,β-unsaturated/α-hetero) is 1. The number of anilines is 1. The summed E-state index contributed by atoms with van der Waals surface area (Å²) in [5.41, 5.74) is 8.41. The minimum Gasteiger partial charge on any atom is -0.484 e. The Morgan fingerprint density at radius 2 is 1.87 bits per heavy atom. The SMILES string of the molecule is CC(=O)c1ccc(OCC(=O)NCCCc2nn(-c3ccccc3)c(N)c2C#N)cc1. The molecule has 0 aliphatic carbocycles. The Balaban J connectivity index is 1.48. The van der Waals surface area contributed by atoms with Crippen LogP contribution in [0.25, 0.3) is 5.69 Å². The quantitative estimate of drug-likeness (QED) is 0.408.